The molecule has 0 radical (unpaired) electrons. The van der Waals surface area contributed by atoms with E-state index in [9.17, 15) is 4.39 Å². The van der Waals surface area contributed by atoms with E-state index in [0.29, 0.717) is 24.0 Å². The molecule has 0 bridgehead atoms. The summed E-state index contributed by atoms with van der Waals surface area (Å²) in [5, 5.41) is 6.46. The molecule has 0 saturated heterocycles. The molecule has 0 aromatic heterocycles. The normalized spacial score (nSPS) is 13.4. The summed E-state index contributed by atoms with van der Waals surface area (Å²) < 4.78 is 30.1. The van der Waals surface area contributed by atoms with Crippen molar-refractivity contribution in [3.05, 3.63) is 53.8 Å². The summed E-state index contributed by atoms with van der Waals surface area (Å²) in [6.07, 6.45) is -0.122. The van der Waals surface area contributed by atoms with Gasteiger partial charge in [0, 0.05) is 7.05 Å². The Labute approximate surface area is 165 Å². The fourth-order valence-electron chi connectivity index (χ4n) is 2.65. The number of ether oxygens (including phenoxy) is 3. The first-order valence-electron chi connectivity index (χ1n) is 9.08. The minimum Gasteiger partial charge on any atom is -0.494 e. The predicted molar refractivity (Wildman–Crippen MR) is 109 cm³/mol. The van der Waals surface area contributed by atoms with E-state index in [1.54, 1.807) is 20.2 Å². The number of methoxy groups -OCH3 is 2. The largest absolute Gasteiger partial charge is 0.494 e. The molecular formula is C21H28FN3O3. The van der Waals surface area contributed by atoms with E-state index in [2.05, 4.69) is 15.6 Å². The maximum absolute atomic E-state index is 13.9. The lowest BCUT2D eigenvalue weighted by Gasteiger charge is -2.21. The number of guanidine groups is 1. The first-order chi connectivity index (χ1) is 13.5. The Bertz CT molecular complexity index is 798. The van der Waals surface area contributed by atoms with Crippen molar-refractivity contribution in [2.75, 3.05) is 27.8 Å². The molecule has 0 heterocycles. The van der Waals surface area contributed by atoms with Gasteiger partial charge in [-0.15, -0.1) is 0 Å². The van der Waals surface area contributed by atoms with Crippen LogP contribution in [-0.2, 0) is 0 Å². The third-order valence-electron chi connectivity index (χ3n) is 4.21. The van der Waals surface area contributed by atoms with Crippen molar-refractivity contribution in [3.63, 3.8) is 0 Å². The van der Waals surface area contributed by atoms with E-state index < -0.39 is 5.82 Å². The molecule has 0 aliphatic rings. The number of para-hydroxylation sites is 2. The molecule has 2 atom stereocenters. The summed E-state index contributed by atoms with van der Waals surface area (Å²) >= 11 is 0. The average molecular weight is 389 g/mol. The number of nitrogens with zero attached hydrogens (tertiary/aromatic N) is 1. The minimum absolute atomic E-state index is 0.122. The van der Waals surface area contributed by atoms with Gasteiger partial charge in [0.05, 0.1) is 26.8 Å². The molecule has 2 aromatic rings. The zero-order valence-corrected chi connectivity index (χ0v) is 17.0. The molecule has 6 nitrogen and oxygen atoms in total. The Morgan fingerprint density at radius 2 is 1.71 bits per heavy atom. The lowest BCUT2D eigenvalue weighted by atomic mass is 10.1. The van der Waals surface area contributed by atoms with Gasteiger partial charge >= 0.3 is 0 Å². The van der Waals surface area contributed by atoms with Gasteiger partial charge in [-0.25, -0.2) is 4.39 Å². The zero-order chi connectivity index (χ0) is 20.5. The van der Waals surface area contributed by atoms with Gasteiger partial charge in [0.1, 0.15) is 6.10 Å². The number of halogens is 1. The van der Waals surface area contributed by atoms with E-state index in [0.717, 1.165) is 5.56 Å². The third kappa shape index (κ3) is 5.77. The minimum atomic E-state index is -0.393. The van der Waals surface area contributed by atoms with Crippen LogP contribution in [0.1, 0.15) is 25.5 Å². The second-order valence-electron chi connectivity index (χ2n) is 6.29. The predicted octanol–water partition coefficient (Wildman–Crippen LogP) is 3.54. The Balaban J connectivity index is 1.90. The average Bonchev–Trinajstić information content (AvgIpc) is 2.71. The van der Waals surface area contributed by atoms with Gasteiger partial charge in [0.15, 0.2) is 29.0 Å². The fourth-order valence-corrected chi connectivity index (χ4v) is 2.65. The van der Waals surface area contributed by atoms with Crippen LogP contribution in [-0.4, -0.2) is 39.9 Å². The van der Waals surface area contributed by atoms with Crippen LogP contribution in [0, 0.1) is 5.82 Å². The monoisotopic (exact) mass is 389 g/mol. The van der Waals surface area contributed by atoms with Gasteiger partial charge in [-0.05, 0) is 43.7 Å². The Morgan fingerprint density at radius 3 is 2.32 bits per heavy atom. The number of hydrogen-bond donors (Lipinski definition) is 2. The number of benzene rings is 2. The highest BCUT2D eigenvalue weighted by molar-refractivity contribution is 5.80. The van der Waals surface area contributed by atoms with E-state index >= 15 is 0 Å². The zero-order valence-electron chi connectivity index (χ0n) is 17.0. The molecule has 7 heteroatoms. The van der Waals surface area contributed by atoms with Gasteiger partial charge < -0.3 is 24.8 Å². The summed E-state index contributed by atoms with van der Waals surface area (Å²) in [6, 6.07) is 12.3. The lowest BCUT2D eigenvalue weighted by Crippen LogP contribution is -2.42. The molecule has 0 fully saturated rings. The van der Waals surface area contributed by atoms with Gasteiger partial charge in [-0.1, -0.05) is 18.2 Å². The fraction of sp³-hybridized carbons (Fsp3) is 0.381. The standard InChI is InChI=1S/C21H28FN3O3/c1-14(28-20-9-7-6-8-19(20)27-5)13-24-21(23-3)25-15(2)16-10-11-18(26-4)17(22)12-16/h6-12,14-15H,13H2,1-5H3,(H2,23,24,25). The van der Waals surface area contributed by atoms with Crippen molar-refractivity contribution in [2.45, 2.75) is 26.0 Å². The van der Waals surface area contributed by atoms with Crippen LogP contribution in [0.5, 0.6) is 17.2 Å². The summed E-state index contributed by atoms with van der Waals surface area (Å²) in [7, 11) is 4.74. The van der Waals surface area contributed by atoms with Crippen molar-refractivity contribution in [3.8, 4) is 17.2 Å². The van der Waals surface area contributed by atoms with Crippen LogP contribution in [0.4, 0.5) is 4.39 Å². The van der Waals surface area contributed by atoms with Crippen LogP contribution in [0.25, 0.3) is 0 Å². The highest BCUT2D eigenvalue weighted by atomic mass is 19.1. The third-order valence-corrected chi connectivity index (χ3v) is 4.21. The SMILES string of the molecule is CN=C(NCC(C)Oc1ccccc1OC)NC(C)c1ccc(OC)c(F)c1. The van der Waals surface area contributed by atoms with Crippen LogP contribution in [0.2, 0.25) is 0 Å². The van der Waals surface area contributed by atoms with E-state index in [1.807, 2.05) is 44.2 Å². The smallest absolute Gasteiger partial charge is 0.191 e. The van der Waals surface area contributed by atoms with Crippen LogP contribution < -0.4 is 24.8 Å². The topological polar surface area (TPSA) is 64.1 Å². The van der Waals surface area contributed by atoms with Crippen molar-refractivity contribution in [1.82, 2.24) is 10.6 Å². The van der Waals surface area contributed by atoms with Crippen molar-refractivity contribution in [1.29, 1.82) is 0 Å². The Kier molecular flexibility index (Phi) is 7.92. The molecule has 28 heavy (non-hydrogen) atoms. The van der Waals surface area contributed by atoms with E-state index in [4.69, 9.17) is 14.2 Å². The number of nitrogens with one attached hydrogen (secondary N) is 2. The Hall–Kier alpha value is -2.96. The van der Waals surface area contributed by atoms with Gasteiger partial charge in [-0.3, -0.25) is 4.99 Å². The second-order valence-corrected chi connectivity index (χ2v) is 6.29. The first-order valence-corrected chi connectivity index (χ1v) is 9.08. The quantitative estimate of drug-likeness (QED) is 0.534. The van der Waals surface area contributed by atoms with E-state index in [1.165, 1.54) is 13.2 Å². The molecule has 0 saturated carbocycles. The van der Waals surface area contributed by atoms with Gasteiger partial charge in [0.2, 0.25) is 0 Å². The summed E-state index contributed by atoms with van der Waals surface area (Å²) in [4.78, 5) is 4.22. The molecule has 2 unspecified atom stereocenters. The summed E-state index contributed by atoms with van der Waals surface area (Å²) in [6.45, 7) is 4.42. The molecule has 0 aliphatic heterocycles. The maximum Gasteiger partial charge on any atom is 0.191 e. The molecule has 152 valence electrons. The molecular weight excluding hydrogens is 361 g/mol. The molecule has 0 aliphatic carbocycles. The molecule has 2 aromatic carbocycles. The number of rotatable bonds is 8. The van der Waals surface area contributed by atoms with Crippen LogP contribution in [0.15, 0.2) is 47.5 Å². The van der Waals surface area contributed by atoms with Gasteiger partial charge in [0.25, 0.3) is 0 Å². The Morgan fingerprint density at radius 1 is 1.04 bits per heavy atom. The highest BCUT2D eigenvalue weighted by Gasteiger charge is 2.13. The summed E-state index contributed by atoms with van der Waals surface area (Å²) in [5.74, 6) is 1.80. The van der Waals surface area contributed by atoms with Crippen LogP contribution >= 0.6 is 0 Å². The molecule has 0 spiro atoms. The maximum atomic E-state index is 13.9. The second kappa shape index (κ2) is 10.4. The van der Waals surface area contributed by atoms with Crippen LogP contribution in [0.3, 0.4) is 0 Å². The number of hydrogen-bond acceptors (Lipinski definition) is 4. The first kappa shape index (κ1) is 21.3. The number of aliphatic imine (C=N–C) groups is 1. The molecule has 0 amide bonds. The van der Waals surface area contributed by atoms with Crippen molar-refractivity contribution < 1.29 is 18.6 Å². The lowest BCUT2D eigenvalue weighted by molar-refractivity contribution is 0.213. The highest BCUT2D eigenvalue weighted by Crippen LogP contribution is 2.26. The van der Waals surface area contributed by atoms with E-state index in [-0.39, 0.29) is 17.9 Å². The van der Waals surface area contributed by atoms with Gasteiger partial charge in [-0.2, -0.15) is 0 Å². The van der Waals surface area contributed by atoms with Crippen molar-refractivity contribution in [2.24, 2.45) is 4.99 Å². The molecule has 2 rings (SSSR count). The summed E-state index contributed by atoms with van der Waals surface area (Å²) in [5.41, 5.74) is 0.791. The molecule has 2 N–H and O–H groups in total. The van der Waals surface area contributed by atoms with Crippen molar-refractivity contribution >= 4 is 5.96 Å².